The average molecular weight is 1170 g/mol. The summed E-state index contributed by atoms with van der Waals surface area (Å²) in [4.78, 5) is 113. The standard InChI is InChI=1S/C19H18FN7O2.C19H20N8O2.C18H18N8O2/c1-27-14-8-12(20)9-21-16(14)22-10-13(19(27)29)23-18(28)17-24-15(25-26-17)7-11-5-3-2-4-6-11;1-11-20-10-14-16(22-11)21-9-13(19(29)27(14)2)23-18(28)17-24-15(25-26-17)8-12-6-4-3-5-7-12;1-25-14-8-19-10-21-15(14)20-7-13(18(25)28)23-17(27)16-22-11-26(24-16)9-12-5-3-2-4-6-12/h2-6,8-9,13H,7,10H2,1H3,(H,21,22)(H,23,28)(H,24,25,26);3-7,10,13H,8-9H2,1-2H3,(H,23,28)(H,20,21,22)(H,24,25,26);2-6,8,10-11,13H,7,9H2,1H3,(H,23,27)(H,19,20,21)/t3*13-/m000/s1. The molecule has 9 aromatic rings. The first-order valence-electron chi connectivity index (χ1n) is 26.7. The zero-order valence-corrected chi connectivity index (χ0v) is 46.6. The van der Waals surface area contributed by atoms with Gasteiger partial charge in [0.05, 0.1) is 30.8 Å². The minimum atomic E-state index is -0.888. The van der Waals surface area contributed by atoms with Crippen LogP contribution in [0.15, 0.2) is 128 Å². The fourth-order valence-corrected chi connectivity index (χ4v) is 9.06. The number of aryl methyl sites for hydroxylation is 1. The number of H-pyrrole nitrogens is 2. The van der Waals surface area contributed by atoms with Crippen LogP contribution in [0.4, 0.5) is 38.9 Å². The van der Waals surface area contributed by atoms with Gasteiger partial charge < -0.3 is 46.6 Å². The molecule has 9 heterocycles. The van der Waals surface area contributed by atoms with Crippen LogP contribution in [0.1, 0.15) is 66.0 Å². The lowest BCUT2D eigenvalue weighted by molar-refractivity contribution is -0.120. The molecule has 0 radical (unpaired) electrons. The summed E-state index contributed by atoms with van der Waals surface area (Å²) in [6.07, 6.45) is 8.10. The molecule has 86 heavy (non-hydrogen) atoms. The van der Waals surface area contributed by atoms with Crippen LogP contribution in [0.3, 0.4) is 0 Å². The number of benzene rings is 3. The molecule has 12 rings (SSSR count). The SMILES string of the molecule is CN1C(=O)[C@@H](NC(=O)c2n[nH]c(Cc3ccccc3)n2)CNc2ncc(F)cc21.CN1C(=O)[C@@H](NC(=O)c2ncn(Cc3ccccc3)n2)CNc2ncncc21.Cc1ncc2c(n1)NC[C@H](NC(=O)c1n[nH]c(Cc3ccccc3)n1)C(=O)N2C. The molecule has 0 saturated carbocycles. The monoisotopic (exact) mass is 1170 g/mol. The zero-order chi connectivity index (χ0) is 60.3. The maximum absolute atomic E-state index is 13.5. The topological polar surface area (TPSA) is 363 Å². The molecular weight excluding hydrogens is 1110 g/mol. The number of nitrogens with zero attached hydrogens (tertiary/aromatic N) is 15. The molecule has 3 aliphatic rings. The molecule has 0 spiro atoms. The molecule has 3 aromatic carbocycles. The van der Waals surface area contributed by atoms with Gasteiger partial charge in [0, 0.05) is 59.7 Å². The number of rotatable bonds is 12. The van der Waals surface area contributed by atoms with Gasteiger partial charge in [0.25, 0.3) is 35.4 Å². The maximum atomic E-state index is 13.5. The number of halogens is 1. The van der Waals surface area contributed by atoms with Gasteiger partial charge in [-0.15, -0.1) is 15.3 Å². The second-order valence-electron chi connectivity index (χ2n) is 19.6. The van der Waals surface area contributed by atoms with Crippen LogP contribution in [0.5, 0.6) is 0 Å². The van der Waals surface area contributed by atoms with E-state index in [4.69, 9.17) is 0 Å². The smallest absolute Gasteiger partial charge is 0.291 e. The zero-order valence-electron chi connectivity index (χ0n) is 46.6. The van der Waals surface area contributed by atoms with Crippen LogP contribution in [0, 0.1) is 12.7 Å². The summed E-state index contributed by atoms with van der Waals surface area (Å²) in [5.41, 5.74) is 4.53. The first-order valence-corrected chi connectivity index (χ1v) is 26.7. The largest absolute Gasteiger partial charge is 0.366 e. The number of amides is 6. The normalized spacial score (nSPS) is 16.0. The minimum absolute atomic E-state index is 0.00735. The number of likely N-dealkylation sites (N-methyl/N-ethyl adjacent to an activating group) is 3. The van der Waals surface area contributed by atoms with Crippen molar-refractivity contribution in [2.24, 2.45) is 0 Å². The van der Waals surface area contributed by atoms with Crippen molar-refractivity contribution in [1.82, 2.24) is 86.0 Å². The van der Waals surface area contributed by atoms with Crippen LogP contribution in [0.25, 0.3) is 0 Å². The van der Waals surface area contributed by atoms with E-state index in [2.05, 4.69) is 97.3 Å². The van der Waals surface area contributed by atoms with Gasteiger partial charge in [-0.3, -0.25) is 39.0 Å². The second kappa shape index (κ2) is 26.2. The Morgan fingerprint density at radius 1 is 0.547 bits per heavy atom. The molecule has 438 valence electrons. The highest BCUT2D eigenvalue weighted by Gasteiger charge is 2.34. The Kier molecular flexibility index (Phi) is 17.6. The van der Waals surface area contributed by atoms with E-state index in [9.17, 15) is 33.2 Å². The summed E-state index contributed by atoms with van der Waals surface area (Å²) in [5, 5.41) is 34.8. The van der Waals surface area contributed by atoms with E-state index >= 15 is 0 Å². The molecule has 6 amide bonds. The highest BCUT2D eigenvalue weighted by atomic mass is 19.1. The number of anilines is 6. The van der Waals surface area contributed by atoms with Crippen molar-refractivity contribution in [1.29, 1.82) is 0 Å². The van der Waals surface area contributed by atoms with Gasteiger partial charge in [-0.25, -0.2) is 48.9 Å². The van der Waals surface area contributed by atoms with Gasteiger partial charge in [-0.2, -0.15) is 0 Å². The quantitative estimate of drug-likeness (QED) is 0.0868. The fourth-order valence-electron chi connectivity index (χ4n) is 9.06. The van der Waals surface area contributed by atoms with E-state index in [1.807, 2.05) is 91.0 Å². The van der Waals surface area contributed by atoms with E-state index in [1.54, 1.807) is 38.1 Å². The molecule has 3 atom stereocenters. The van der Waals surface area contributed by atoms with Crippen LogP contribution in [-0.4, -0.2) is 164 Å². The highest BCUT2D eigenvalue weighted by molar-refractivity contribution is 6.05. The molecule has 3 aliphatic heterocycles. The number of nitrogens with one attached hydrogen (secondary N) is 8. The Bertz CT molecular complexity index is 3810. The van der Waals surface area contributed by atoms with E-state index in [0.717, 1.165) is 22.9 Å². The number of hydrogen-bond acceptors (Lipinski definition) is 20. The molecule has 0 fully saturated rings. The van der Waals surface area contributed by atoms with E-state index in [1.165, 1.54) is 40.5 Å². The maximum Gasteiger partial charge on any atom is 0.291 e. The van der Waals surface area contributed by atoms with Crippen LogP contribution >= 0.6 is 0 Å². The van der Waals surface area contributed by atoms with Crippen molar-refractivity contribution >= 4 is 70.0 Å². The molecule has 29 nitrogen and oxygen atoms in total. The van der Waals surface area contributed by atoms with Gasteiger partial charge >= 0.3 is 0 Å². The van der Waals surface area contributed by atoms with Crippen molar-refractivity contribution in [2.45, 2.75) is 44.4 Å². The third kappa shape index (κ3) is 13.9. The predicted molar refractivity (Wildman–Crippen MR) is 309 cm³/mol. The Balaban J connectivity index is 0.000000143. The predicted octanol–water partition coefficient (Wildman–Crippen LogP) is 2.10. The van der Waals surface area contributed by atoms with Gasteiger partial charge in [0.2, 0.25) is 17.5 Å². The molecule has 0 saturated heterocycles. The molecule has 30 heteroatoms. The first kappa shape index (κ1) is 57.8. The van der Waals surface area contributed by atoms with Crippen LogP contribution in [0.2, 0.25) is 0 Å². The summed E-state index contributed by atoms with van der Waals surface area (Å²) >= 11 is 0. The molecule has 0 bridgehead atoms. The summed E-state index contributed by atoms with van der Waals surface area (Å²) in [6.45, 7) is 2.76. The highest BCUT2D eigenvalue weighted by Crippen LogP contribution is 2.28. The third-order valence-corrected chi connectivity index (χ3v) is 13.5. The number of pyridine rings is 1. The van der Waals surface area contributed by atoms with Gasteiger partial charge in [-0.1, -0.05) is 91.0 Å². The Morgan fingerprint density at radius 2 is 1.01 bits per heavy atom. The lowest BCUT2D eigenvalue weighted by Crippen LogP contribution is -2.49. The van der Waals surface area contributed by atoms with Gasteiger partial charge in [0.1, 0.15) is 71.3 Å². The van der Waals surface area contributed by atoms with Crippen molar-refractivity contribution in [3.8, 4) is 0 Å². The Hall–Kier alpha value is -11.5. The number of hydrogen-bond donors (Lipinski definition) is 8. The molecule has 6 aromatic heterocycles. The van der Waals surface area contributed by atoms with E-state index < -0.39 is 47.6 Å². The van der Waals surface area contributed by atoms with E-state index in [0.29, 0.717) is 71.4 Å². The van der Waals surface area contributed by atoms with Gasteiger partial charge in [0.15, 0.2) is 11.6 Å². The summed E-state index contributed by atoms with van der Waals surface area (Å²) in [7, 11) is 4.74. The summed E-state index contributed by atoms with van der Waals surface area (Å²) in [6, 6.07) is 27.9. The molecular formula is C56H56FN23O6. The van der Waals surface area contributed by atoms with Crippen molar-refractivity contribution < 1.29 is 33.2 Å². The van der Waals surface area contributed by atoms with Crippen LogP contribution in [-0.2, 0) is 33.8 Å². The molecule has 0 unspecified atom stereocenters. The number of carbonyl (C=O) groups excluding carboxylic acids is 6. The lowest BCUT2D eigenvalue weighted by Gasteiger charge is -2.20. The molecule has 8 N–H and O–H groups in total. The average Bonchev–Trinajstić information content (AvgIpc) is 4.22. The molecule has 0 aliphatic carbocycles. The van der Waals surface area contributed by atoms with Crippen molar-refractivity contribution in [2.75, 3.05) is 71.4 Å². The summed E-state index contributed by atoms with van der Waals surface area (Å²) in [5.74, 6) is -0.0632. The van der Waals surface area contributed by atoms with Crippen molar-refractivity contribution in [3.63, 3.8) is 0 Å². The fraction of sp³-hybridized carbons (Fsp3) is 0.232. The van der Waals surface area contributed by atoms with Crippen molar-refractivity contribution in [3.05, 3.63) is 186 Å². The minimum Gasteiger partial charge on any atom is -0.366 e. The first-order chi connectivity index (χ1) is 41.6. The van der Waals surface area contributed by atoms with Gasteiger partial charge in [-0.05, 0) is 23.6 Å². The number of aromatic amines is 2. The third-order valence-electron chi connectivity index (χ3n) is 13.5. The second-order valence-corrected chi connectivity index (χ2v) is 19.6. The number of carbonyl (C=O) groups is 6. The number of aromatic nitrogens is 14. The Labute approximate surface area is 489 Å². The summed E-state index contributed by atoms with van der Waals surface area (Å²) < 4.78 is 15.1. The van der Waals surface area contributed by atoms with E-state index in [-0.39, 0.29) is 48.9 Å². The Morgan fingerprint density at radius 3 is 1.55 bits per heavy atom. The lowest BCUT2D eigenvalue weighted by atomic mass is 10.1. The van der Waals surface area contributed by atoms with Crippen LogP contribution < -0.4 is 46.6 Å². The number of fused-ring (bicyclic) bond motifs is 3.